The van der Waals surface area contributed by atoms with Gasteiger partial charge in [-0.25, -0.2) is 0 Å². The summed E-state index contributed by atoms with van der Waals surface area (Å²) in [4.78, 5) is 14.6. The highest BCUT2D eigenvalue weighted by atomic mass is 16.6. The number of allylic oxidation sites excluding steroid dienone is 1. The van der Waals surface area contributed by atoms with E-state index in [1.54, 1.807) is 0 Å². The monoisotopic (exact) mass is 533 g/mol. The van der Waals surface area contributed by atoms with Gasteiger partial charge in [0.2, 0.25) is 0 Å². The largest absolute Gasteiger partial charge is 0.460 e. The van der Waals surface area contributed by atoms with Crippen LogP contribution in [0.3, 0.4) is 0 Å². The summed E-state index contributed by atoms with van der Waals surface area (Å²) in [7, 11) is 0. The molecule has 1 saturated heterocycles. The number of hydrogen-bond donors (Lipinski definition) is 0. The van der Waals surface area contributed by atoms with Crippen LogP contribution in [0.15, 0.2) is 66.7 Å². The van der Waals surface area contributed by atoms with Crippen LogP contribution in [0, 0.1) is 0 Å². The van der Waals surface area contributed by atoms with Crippen molar-refractivity contribution >= 4 is 5.97 Å². The Morgan fingerprint density at radius 1 is 0.872 bits per heavy atom. The first-order valence-electron chi connectivity index (χ1n) is 14.9. The Labute approximate surface area is 235 Å². The van der Waals surface area contributed by atoms with Crippen LogP contribution in [-0.2, 0) is 25.6 Å². The highest BCUT2D eigenvalue weighted by molar-refractivity contribution is 5.70. The quantitative estimate of drug-likeness (QED) is 0.223. The maximum absolute atomic E-state index is 12.0. The van der Waals surface area contributed by atoms with Crippen LogP contribution >= 0.6 is 0 Å². The smallest absolute Gasteiger partial charge is 0.306 e. The Kier molecular flexibility index (Phi) is 11.2. The Hall–Kier alpha value is -2.47. The van der Waals surface area contributed by atoms with Crippen molar-refractivity contribution < 1.29 is 19.0 Å². The fourth-order valence-electron chi connectivity index (χ4n) is 5.70. The van der Waals surface area contributed by atoms with Gasteiger partial charge in [-0.2, -0.15) is 0 Å². The average Bonchev–Trinajstić information content (AvgIpc) is 3.12. The molecule has 4 rings (SSSR count). The maximum atomic E-state index is 12.0. The van der Waals surface area contributed by atoms with Gasteiger partial charge in [0.15, 0.2) is 0 Å². The summed E-state index contributed by atoms with van der Waals surface area (Å²) in [6.45, 7) is 9.14. The third kappa shape index (κ3) is 9.59. The molecule has 0 aromatic heterocycles. The molecule has 39 heavy (non-hydrogen) atoms. The van der Waals surface area contributed by atoms with Crippen LogP contribution in [0.4, 0.5) is 0 Å². The number of benzene rings is 2. The van der Waals surface area contributed by atoms with Gasteiger partial charge in [0.05, 0.1) is 25.4 Å². The lowest BCUT2D eigenvalue weighted by molar-refractivity contribution is -0.154. The number of carbonyl (C=O) groups is 1. The van der Waals surface area contributed by atoms with Gasteiger partial charge in [0.25, 0.3) is 0 Å². The Balaban J connectivity index is 1.31. The first-order valence-corrected chi connectivity index (χ1v) is 14.9. The number of nitrogens with zero attached hydrogens (tertiary/aromatic N) is 1. The molecule has 0 spiro atoms. The third-order valence-corrected chi connectivity index (χ3v) is 7.61. The van der Waals surface area contributed by atoms with E-state index >= 15 is 0 Å². The molecule has 3 atom stereocenters. The lowest BCUT2D eigenvalue weighted by Crippen LogP contribution is -2.45. The standard InChI is InChI=1S/C34H47NO4/c1-34(2,3)39-32(36)16-10-7-13-25-37-33-30(35-23-11-4-5-12-24-35)21-22-31(33)38-26-27-17-19-29(20-18-27)28-14-8-6-9-15-28/h6-9,13-15,17-20,30-31,33H,4-5,10-12,16,21-26H2,1-3H3/t30-,31+,33+/m1/s1. The van der Waals surface area contributed by atoms with E-state index in [1.807, 2.05) is 39.0 Å². The summed E-state index contributed by atoms with van der Waals surface area (Å²) in [5, 5.41) is 0. The summed E-state index contributed by atoms with van der Waals surface area (Å²) in [6, 6.07) is 19.6. The summed E-state index contributed by atoms with van der Waals surface area (Å²) >= 11 is 0. The third-order valence-electron chi connectivity index (χ3n) is 7.61. The summed E-state index contributed by atoms with van der Waals surface area (Å²) in [6.07, 6.45) is 12.6. The van der Waals surface area contributed by atoms with Crippen LogP contribution in [0.25, 0.3) is 11.1 Å². The van der Waals surface area contributed by atoms with E-state index in [9.17, 15) is 4.79 Å². The number of likely N-dealkylation sites (tertiary alicyclic amines) is 1. The van der Waals surface area contributed by atoms with E-state index in [0.29, 0.717) is 32.1 Å². The zero-order valence-corrected chi connectivity index (χ0v) is 24.1. The van der Waals surface area contributed by atoms with Gasteiger partial charge < -0.3 is 14.2 Å². The average molecular weight is 534 g/mol. The van der Waals surface area contributed by atoms with Crippen molar-refractivity contribution in [3.05, 3.63) is 72.3 Å². The van der Waals surface area contributed by atoms with Crippen LogP contribution in [-0.4, -0.2) is 54.4 Å². The predicted octanol–water partition coefficient (Wildman–Crippen LogP) is 7.34. The van der Waals surface area contributed by atoms with Gasteiger partial charge in [-0.05, 0) is 82.7 Å². The number of esters is 1. The molecule has 2 aliphatic rings. The topological polar surface area (TPSA) is 48.0 Å². The number of carbonyl (C=O) groups excluding carboxylic acids is 1. The van der Waals surface area contributed by atoms with Gasteiger partial charge in [0.1, 0.15) is 5.60 Å². The Bertz CT molecular complexity index is 1020. The molecule has 1 aliphatic carbocycles. The Morgan fingerprint density at radius 2 is 1.56 bits per heavy atom. The van der Waals surface area contributed by atoms with Gasteiger partial charge in [-0.15, -0.1) is 0 Å². The van der Waals surface area contributed by atoms with E-state index in [1.165, 1.54) is 42.4 Å². The second kappa shape index (κ2) is 14.8. The van der Waals surface area contributed by atoms with Crippen molar-refractivity contribution in [1.82, 2.24) is 4.90 Å². The highest BCUT2D eigenvalue weighted by Gasteiger charge is 2.40. The van der Waals surface area contributed by atoms with Crippen molar-refractivity contribution in [3.8, 4) is 11.1 Å². The molecule has 0 N–H and O–H groups in total. The molecule has 2 aromatic rings. The second-order valence-electron chi connectivity index (χ2n) is 11.9. The fourth-order valence-corrected chi connectivity index (χ4v) is 5.70. The minimum Gasteiger partial charge on any atom is -0.460 e. The predicted molar refractivity (Wildman–Crippen MR) is 157 cm³/mol. The van der Waals surface area contributed by atoms with Crippen LogP contribution in [0.5, 0.6) is 0 Å². The van der Waals surface area contributed by atoms with Gasteiger partial charge in [-0.1, -0.05) is 79.6 Å². The first kappa shape index (κ1) is 29.5. The lowest BCUT2D eigenvalue weighted by Gasteiger charge is -2.33. The molecule has 5 heteroatoms. The van der Waals surface area contributed by atoms with E-state index in [0.717, 1.165) is 25.9 Å². The van der Waals surface area contributed by atoms with Crippen molar-refractivity contribution in [3.63, 3.8) is 0 Å². The number of hydrogen-bond acceptors (Lipinski definition) is 5. The fraction of sp³-hybridized carbons (Fsp3) is 0.559. The van der Waals surface area contributed by atoms with Crippen LogP contribution in [0.2, 0.25) is 0 Å². The molecule has 0 unspecified atom stereocenters. The van der Waals surface area contributed by atoms with Crippen molar-refractivity contribution in [1.29, 1.82) is 0 Å². The minimum atomic E-state index is -0.437. The van der Waals surface area contributed by atoms with Gasteiger partial charge in [-0.3, -0.25) is 9.69 Å². The van der Waals surface area contributed by atoms with Crippen molar-refractivity contribution in [2.24, 2.45) is 0 Å². The second-order valence-corrected chi connectivity index (χ2v) is 11.9. The van der Waals surface area contributed by atoms with Crippen molar-refractivity contribution in [2.75, 3.05) is 19.7 Å². The van der Waals surface area contributed by atoms with Crippen LogP contribution < -0.4 is 0 Å². The molecule has 5 nitrogen and oxygen atoms in total. The van der Waals surface area contributed by atoms with Gasteiger partial charge >= 0.3 is 5.97 Å². The molecule has 1 aliphatic heterocycles. The number of rotatable bonds is 11. The molecular weight excluding hydrogens is 486 g/mol. The van der Waals surface area contributed by atoms with E-state index in [4.69, 9.17) is 14.2 Å². The first-order chi connectivity index (χ1) is 18.9. The van der Waals surface area contributed by atoms with E-state index in [2.05, 4.69) is 53.4 Å². The van der Waals surface area contributed by atoms with E-state index in [-0.39, 0.29) is 18.2 Å². The Morgan fingerprint density at radius 3 is 2.26 bits per heavy atom. The number of ether oxygens (including phenoxy) is 3. The molecular formula is C34H47NO4. The summed E-state index contributed by atoms with van der Waals surface area (Å²) < 4.78 is 18.4. The summed E-state index contributed by atoms with van der Waals surface area (Å²) in [5.41, 5.74) is 3.21. The molecule has 1 heterocycles. The highest BCUT2D eigenvalue weighted by Crippen LogP contribution is 2.32. The lowest BCUT2D eigenvalue weighted by atomic mass is 10.0. The molecule has 2 fully saturated rings. The molecule has 1 saturated carbocycles. The molecule has 2 aromatic carbocycles. The molecule has 0 radical (unpaired) electrons. The van der Waals surface area contributed by atoms with Crippen molar-refractivity contribution in [2.45, 2.75) is 103 Å². The minimum absolute atomic E-state index is 0.0576. The van der Waals surface area contributed by atoms with Gasteiger partial charge in [0, 0.05) is 12.5 Å². The molecule has 0 bridgehead atoms. The normalized spacial score (nSPS) is 22.7. The zero-order valence-electron chi connectivity index (χ0n) is 24.1. The molecule has 0 amide bonds. The zero-order chi connectivity index (χ0) is 27.5. The SMILES string of the molecule is CC(C)(C)OC(=O)CCC=CCO[C@@H]1[C@@H](OCc2ccc(-c3ccccc3)cc2)CC[C@H]1N1CCCCCC1. The van der Waals surface area contributed by atoms with Crippen LogP contribution in [0.1, 0.15) is 77.7 Å². The van der Waals surface area contributed by atoms with E-state index < -0.39 is 5.60 Å². The maximum Gasteiger partial charge on any atom is 0.306 e. The summed E-state index contributed by atoms with van der Waals surface area (Å²) in [5.74, 6) is -0.157. The molecule has 212 valence electrons.